The van der Waals surface area contributed by atoms with Gasteiger partial charge in [-0.15, -0.1) is 11.3 Å². The molecule has 2 aromatic heterocycles. The molecule has 1 atom stereocenters. The maximum atomic E-state index is 9.67. The predicted molar refractivity (Wildman–Crippen MR) is 106 cm³/mol. The number of nitriles is 1. The van der Waals surface area contributed by atoms with Crippen LogP contribution in [0.3, 0.4) is 0 Å². The molecule has 0 fully saturated rings. The van der Waals surface area contributed by atoms with Crippen LogP contribution in [-0.2, 0) is 12.8 Å². The Hall–Kier alpha value is -2.16. The number of nitrogen functional groups attached to an aromatic ring is 1. The normalized spacial score (nSPS) is 16.2. The summed E-state index contributed by atoms with van der Waals surface area (Å²) in [4.78, 5) is 5.63. The van der Waals surface area contributed by atoms with E-state index in [9.17, 15) is 5.26 Å². The van der Waals surface area contributed by atoms with E-state index >= 15 is 0 Å². The molecular formula is C20H16BrN3S. The van der Waals surface area contributed by atoms with Crippen molar-refractivity contribution in [1.29, 1.82) is 5.26 Å². The average molecular weight is 410 g/mol. The molecule has 0 bridgehead atoms. The first-order valence-electron chi connectivity index (χ1n) is 8.18. The fourth-order valence-electron chi connectivity index (χ4n) is 3.62. The van der Waals surface area contributed by atoms with Crippen LogP contribution in [0.25, 0.3) is 10.4 Å². The SMILES string of the molecule is N#Cc1c(N)nc2c(c1-c1cc(Br)cs1)CC(c1ccccc1)CC2. The van der Waals surface area contributed by atoms with Crippen molar-refractivity contribution >= 4 is 33.1 Å². The zero-order chi connectivity index (χ0) is 17.4. The average Bonchev–Trinajstić information content (AvgIpc) is 3.07. The molecule has 1 unspecified atom stereocenters. The van der Waals surface area contributed by atoms with Gasteiger partial charge in [-0.1, -0.05) is 30.3 Å². The smallest absolute Gasteiger partial charge is 0.142 e. The Morgan fingerprint density at radius 2 is 2.08 bits per heavy atom. The van der Waals surface area contributed by atoms with Gasteiger partial charge in [-0.3, -0.25) is 0 Å². The molecule has 1 aromatic carbocycles. The molecule has 3 nitrogen and oxygen atoms in total. The van der Waals surface area contributed by atoms with Crippen LogP contribution in [0, 0.1) is 11.3 Å². The molecule has 0 saturated carbocycles. The van der Waals surface area contributed by atoms with Crippen LogP contribution < -0.4 is 5.73 Å². The fraction of sp³-hybridized carbons (Fsp3) is 0.200. The van der Waals surface area contributed by atoms with Crippen molar-refractivity contribution in [2.75, 3.05) is 5.73 Å². The molecular weight excluding hydrogens is 394 g/mol. The van der Waals surface area contributed by atoms with Crippen LogP contribution in [0.1, 0.15) is 34.7 Å². The van der Waals surface area contributed by atoms with Gasteiger partial charge in [0.05, 0.1) is 0 Å². The van der Waals surface area contributed by atoms with Crippen LogP contribution in [0.15, 0.2) is 46.3 Å². The highest BCUT2D eigenvalue weighted by atomic mass is 79.9. The van der Waals surface area contributed by atoms with E-state index in [0.717, 1.165) is 39.9 Å². The van der Waals surface area contributed by atoms with E-state index in [1.54, 1.807) is 11.3 Å². The molecule has 124 valence electrons. The van der Waals surface area contributed by atoms with Crippen molar-refractivity contribution in [3.8, 4) is 16.5 Å². The van der Waals surface area contributed by atoms with Gasteiger partial charge in [-0.05, 0) is 58.3 Å². The molecule has 25 heavy (non-hydrogen) atoms. The number of aromatic nitrogens is 1. The molecule has 0 saturated heterocycles. The number of anilines is 1. The van der Waals surface area contributed by atoms with Crippen LogP contribution in [0.2, 0.25) is 0 Å². The molecule has 5 heteroatoms. The highest BCUT2D eigenvalue weighted by Gasteiger charge is 2.27. The zero-order valence-corrected chi connectivity index (χ0v) is 15.9. The Balaban J connectivity index is 1.87. The first-order chi connectivity index (χ1) is 12.2. The minimum Gasteiger partial charge on any atom is -0.383 e. The van der Waals surface area contributed by atoms with E-state index in [2.05, 4.69) is 57.3 Å². The second-order valence-electron chi connectivity index (χ2n) is 6.26. The van der Waals surface area contributed by atoms with Gasteiger partial charge in [0, 0.05) is 26.0 Å². The third-order valence-electron chi connectivity index (χ3n) is 4.79. The summed E-state index contributed by atoms with van der Waals surface area (Å²) in [5.74, 6) is 0.798. The minimum absolute atomic E-state index is 0.346. The van der Waals surface area contributed by atoms with Gasteiger partial charge in [0.15, 0.2) is 0 Å². The molecule has 0 aliphatic heterocycles. The van der Waals surface area contributed by atoms with Crippen molar-refractivity contribution in [2.45, 2.75) is 25.2 Å². The molecule has 2 heterocycles. The van der Waals surface area contributed by atoms with Gasteiger partial charge in [0.2, 0.25) is 0 Å². The topological polar surface area (TPSA) is 62.7 Å². The van der Waals surface area contributed by atoms with E-state index in [-0.39, 0.29) is 0 Å². The van der Waals surface area contributed by atoms with E-state index in [1.807, 2.05) is 11.4 Å². The Kier molecular flexibility index (Phi) is 4.32. The van der Waals surface area contributed by atoms with Gasteiger partial charge in [-0.25, -0.2) is 4.98 Å². The lowest BCUT2D eigenvalue weighted by atomic mass is 9.79. The summed E-state index contributed by atoms with van der Waals surface area (Å²) in [6.07, 6.45) is 2.85. The Labute approximate surface area is 159 Å². The monoisotopic (exact) mass is 409 g/mol. The fourth-order valence-corrected chi connectivity index (χ4v) is 5.12. The van der Waals surface area contributed by atoms with Crippen LogP contribution in [-0.4, -0.2) is 4.98 Å². The van der Waals surface area contributed by atoms with Crippen molar-refractivity contribution in [3.63, 3.8) is 0 Å². The molecule has 0 amide bonds. The summed E-state index contributed by atoms with van der Waals surface area (Å²) in [7, 11) is 0. The number of thiophene rings is 1. The number of nitrogens with zero attached hydrogens (tertiary/aromatic N) is 2. The van der Waals surface area contributed by atoms with Crippen molar-refractivity contribution in [2.24, 2.45) is 0 Å². The maximum absolute atomic E-state index is 9.67. The third-order valence-corrected chi connectivity index (χ3v) is 6.50. The summed E-state index contributed by atoms with van der Waals surface area (Å²) in [6.45, 7) is 0. The highest BCUT2D eigenvalue weighted by Crippen LogP contribution is 2.42. The summed E-state index contributed by atoms with van der Waals surface area (Å²) < 4.78 is 1.02. The molecule has 0 radical (unpaired) electrons. The number of aryl methyl sites for hydroxylation is 1. The second-order valence-corrected chi connectivity index (χ2v) is 8.09. The van der Waals surface area contributed by atoms with Crippen LogP contribution in [0.4, 0.5) is 5.82 Å². The maximum Gasteiger partial charge on any atom is 0.142 e. The molecule has 4 rings (SSSR count). The molecule has 3 aromatic rings. The summed E-state index contributed by atoms with van der Waals surface area (Å²) >= 11 is 5.15. The zero-order valence-electron chi connectivity index (χ0n) is 13.5. The van der Waals surface area contributed by atoms with Crippen molar-refractivity contribution < 1.29 is 0 Å². The molecule has 2 N–H and O–H groups in total. The minimum atomic E-state index is 0.346. The lowest BCUT2D eigenvalue weighted by Crippen LogP contribution is -2.17. The van der Waals surface area contributed by atoms with Gasteiger partial charge in [0.1, 0.15) is 17.5 Å². The van der Waals surface area contributed by atoms with Gasteiger partial charge in [0.25, 0.3) is 0 Å². The number of nitrogens with two attached hydrogens (primary N) is 1. The Morgan fingerprint density at radius 1 is 1.28 bits per heavy atom. The van der Waals surface area contributed by atoms with Gasteiger partial charge >= 0.3 is 0 Å². The lowest BCUT2D eigenvalue weighted by molar-refractivity contribution is 0.576. The van der Waals surface area contributed by atoms with Crippen LogP contribution in [0.5, 0.6) is 0 Å². The van der Waals surface area contributed by atoms with Crippen LogP contribution >= 0.6 is 27.3 Å². The van der Waals surface area contributed by atoms with Gasteiger partial charge < -0.3 is 5.73 Å². The summed E-state index contributed by atoms with van der Waals surface area (Å²) in [6, 6.07) is 14.9. The lowest BCUT2D eigenvalue weighted by Gasteiger charge is -2.27. The quantitative estimate of drug-likeness (QED) is 0.624. The number of pyridine rings is 1. The molecule has 1 aliphatic rings. The van der Waals surface area contributed by atoms with E-state index in [0.29, 0.717) is 17.3 Å². The van der Waals surface area contributed by atoms with E-state index in [1.165, 1.54) is 11.1 Å². The van der Waals surface area contributed by atoms with E-state index in [4.69, 9.17) is 5.73 Å². The first-order valence-corrected chi connectivity index (χ1v) is 9.85. The molecule has 0 spiro atoms. The van der Waals surface area contributed by atoms with Crippen molar-refractivity contribution in [1.82, 2.24) is 4.98 Å². The number of hydrogen-bond donors (Lipinski definition) is 1. The molecule has 1 aliphatic carbocycles. The first kappa shape index (κ1) is 16.3. The standard InChI is InChI=1S/C20H16BrN3S/c21-14-9-18(25-11-14)19-15-8-13(12-4-2-1-3-5-12)6-7-17(15)24-20(23)16(19)10-22/h1-5,9,11,13H,6-8H2,(H2,23,24). The van der Waals surface area contributed by atoms with Gasteiger partial charge in [-0.2, -0.15) is 5.26 Å². The summed E-state index contributed by atoms with van der Waals surface area (Å²) in [5, 5.41) is 11.7. The predicted octanol–water partition coefficient (Wildman–Crippen LogP) is 5.30. The largest absolute Gasteiger partial charge is 0.383 e. The summed E-state index contributed by atoms with van der Waals surface area (Å²) in [5.41, 5.74) is 11.2. The third kappa shape index (κ3) is 2.97. The second kappa shape index (κ2) is 6.62. The Morgan fingerprint density at radius 3 is 2.76 bits per heavy atom. The Bertz CT molecular complexity index is 973. The number of halogens is 1. The number of rotatable bonds is 2. The number of hydrogen-bond acceptors (Lipinski definition) is 4. The highest BCUT2D eigenvalue weighted by molar-refractivity contribution is 9.10. The van der Waals surface area contributed by atoms with Crippen molar-refractivity contribution in [3.05, 3.63) is 68.6 Å². The number of benzene rings is 1. The number of fused-ring (bicyclic) bond motifs is 1. The van der Waals surface area contributed by atoms with E-state index < -0.39 is 0 Å².